The third-order valence-corrected chi connectivity index (χ3v) is 2.93. The molecule has 0 atom stereocenters. The van der Waals surface area contributed by atoms with Crippen LogP contribution in [-0.2, 0) is 7.05 Å². The first kappa shape index (κ1) is 9.15. The van der Waals surface area contributed by atoms with Gasteiger partial charge in [0.2, 0.25) is 0 Å². The fourth-order valence-electron chi connectivity index (χ4n) is 1.26. The molecule has 0 spiro atoms. The van der Waals surface area contributed by atoms with Crippen molar-refractivity contribution >= 4 is 11.3 Å². The van der Waals surface area contributed by atoms with Gasteiger partial charge in [0.05, 0.1) is 5.69 Å². The van der Waals surface area contributed by atoms with Gasteiger partial charge in [0.1, 0.15) is 5.82 Å². The average molecular weight is 208 g/mol. The van der Waals surface area contributed by atoms with Crippen molar-refractivity contribution in [1.29, 1.82) is 5.41 Å². The Bertz CT molecular complexity index is 496. The Labute approximate surface area is 84.8 Å². The maximum Gasteiger partial charge on any atom is 0.182 e. The van der Waals surface area contributed by atoms with Crippen LogP contribution in [0.4, 0.5) is 4.39 Å². The Morgan fingerprint density at radius 2 is 1.93 bits per heavy atom. The van der Waals surface area contributed by atoms with Crippen LogP contribution in [-0.4, -0.2) is 4.57 Å². The summed E-state index contributed by atoms with van der Waals surface area (Å²) in [6, 6.07) is 6.29. The summed E-state index contributed by atoms with van der Waals surface area (Å²) >= 11 is 1.37. The van der Waals surface area contributed by atoms with Gasteiger partial charge >= 0.3 is 0 Å². The highest BCUT2D eigenvalue weighted by Crippen LogP contribution is 2.18. The number of aromatic nitrogens is 1. The van der Waals surface area contributed by atoms with Crippen LogP contribution < -0.4 is 4.80 Å². The van der Waals surface area contributed by atoms with Crippen LogP contribution in [0, 0.1) is 11.2 Å². The van der Waals surface area contributed by atoms with Gasteiger partial charge in [-0.1, -0.05) is 0 Å². The summed E-state index contributed by atoms with van der Waals surface area (Å²) in [6.45, 7) is 0. The Balaban J connectivity index is 2.55. The van der Waals surface area contributed by atoms with Gasteiger partial charge in [-0.05, 0) is 29.8 Å². The molecular formula is C10H9FN2S. The predicted octanol–water partition coefficient (Wildman–Crippen LogP) is 2.37. The second-order valence-corrected chi connectivity index (χ2v) is 3.85. The van der Waals surface area contributed by atoms with Crippen LogP contribution in [0.2, 0.25) is 0 Å². The summed E-state index contributed by atoms with van der Waals surface area (Å²) in [5.74, 6) is -0.238. The molecule has 1 aromatic heterocycles. The molecule has 14 heavy (non-hydrogen) atoms. The number of hydrogen-bond donors (Lipinski definition) is 1. The lowest BCUT2D eigenvalue weighted by molar-refractivity contribution is 0.628. The fraction of sp³-hybridized carbons (Fsp3) is 0.100. The van der Waals surface area contributed by atoms with Crippen LogP contribution in [0.3, 0.4) is 0 Å². The lowest BCUT2D eigenvalue weighted by atomic mass is 10.2. The third-order valence-electron chi connectivity index (χ3n) is 2.09. The van der Waals surface area contributed by atoms with Crippen molar-refractivity contribution in [2.45, 2.75) is 0 Å². The summed E-state index contributed by atoms with van der Waals surface area (Å²) in [6.07, 6.45) is 0. The van der Waals surface area contributed by atoms with Crippen molar-refractivity contribution in [3.63, 3.8) is 0 Å². The Morgan fingerprint density at radius 3 is 2.43 bits per heavy atom. The molecule has 0 amide bonds. The number of benzene rings is 1. The zero-order chi connectivity index (χ0) is 10.1. The number of thiazole rings is 1. The van der Waals surface area contributed by atoms with Gasteiger partial charge in [-0.2, -0.15) is 0 Å². The minimum absolute atomic E-state index is 0.238. The second-order valence-electron chi connectivity index (χ2n) is 2.99. The predicted molar refractivity (Wildman–Crippen MR) is 54.5 cm³/mol. The molecule has 1 aromatic carbocycles. The van der Waals surface area contributed by atoms with E-state index in [9.17, 15) is 4.39 Å². The van der Waals surface area contributed by atoms with Crippen LogP contribution in [0.1, 0.15) is 0 Å². The monoisotopic (exact) mass is 208 g/mol. The number of halogens is 1. The van der Waals surface area contributed by atoms with E-state index in [1.807, 2.05) is 12.4 Å². The van der Waals surface area contributed by atoms with Crippen molar-refractivity contribution in [3.8, 4) is 11.3 Å². The third kappa shape index (κ3) is 1.48. The quantitative estimate of drug-likeness (QED) is 0.745. The summed E-state index contributed by atoms with van der Waals surface area (Å²) in [4.78, 5) is 0.490. The van der Waals surface area contributed by atoms with E-state index >= 15 is 0 Å². The first-order chi connectivity index (χ1) is 6.68. The molecule has 0 aliphatic rings. The highest BCUT2D eigenvalue weighted by molar-refractivity contribution is 7.07. The minimum atomic E-state index is -0.238. The van der Waals surface area contributed by atoms with Crippen molar-refractivity contribution < 1.29 is 4.39 Å². The van der Waals surface area contributed by atoms with E-state index in [-0.39, 0.29) is 5.82 Å². The van der Waals surface area contributed by atoms with Gasteiger partial charge in [-0.25, -0.2) is 4.39 Å². The zero-order valence-corrected chi connectivity index (χ0v) is 8.44. The topological polar surface area (TPSA) is 28.8 Å². The molecule has 0 radical (unpaired) electrons. The molecule has 0 bridgehead atoms. The first-order valence-electron chi connectivity index (χ1n) is 4.13. The molecule has 0 unspecified atom stereocenters. The molecular weight excluding hydrogens is 199 g/mol. The van der Waals surface area contributed by atoms with Crippen molar-refractivity contribution in [3.05, 3.63) is 40.3 Å². The first-order valence-corrected chi connectivity index (χ1v) is 5.01. The number of nitrogens with one attached hydrogen (secondary N) is 1. The van der Waals surface area contributed by atoms with E-state index in [1.165, 1.54) is 23.5 Å². The van der Waals surface area contributed by atoms with E-state index in [0.717, 1.165) is 11.3 Å². The molecule has 0 aliphatic carbocycles. The summed E-state index contributed by atoms with van der Waals surface area (Å²) < 4.78 is 14.4. The molecule has 1 N–H and O–H groups in total. The van der Waals surface area contributed by atoms with Crippen molar-refractivity contribution in [1.82, 2.24) is 4.57 Å². The standard InChI is InChI=1S/C10H9FN2S/c1-13-9(6-14-10(13)12)7-2-4-8(11)5-3-7/h2-6,12H,1H3. The van der Waals surface area contributed by atoms with Gasteiger partial charge in [-0.15, -0.1) is 11.3 Å². The summed E-state index contributed by atoms with van der Waals surface area (Å²) in [5.41, 5.74) is 1.88. The zero-order valence-electron chi connectivity index (χ0n) is 7.62. The van der Waals surface area contributed by atoms with E-state index in [1.54, 1.807) is 16.7 Å². The molecule has 72 valence electrons. The van der Waals surface area contributed by atoms with Crippen molar-refractivity contribution in [2.24, 2.45) is 7.05 Å². The molecule has 0 saturated carbocycles. The Hall–Kier alpha value is -1.42. The second kappa shape index (κ2) is 3.38. The van der Waals surface area contributed by atoms with Crippen LogP contribution >= 0.6 is 11.3 Å². The van der Waals surface area contributed by atoms with Crippen LogP contribution in [0.15, 0.2) is 29.6 Å². The molecule has 2 rings (SSSR count). The van der Waals surface area contributed by atoms with Crippen molar-refractivity contribution in [2.75, 3.05) is 0 Å². The number of hydrogen-bond acceptors (Lipinski definition) is 2. The van der Waals surface area contributed by atoms with Gasteiger partial charge in [0.15, 0.2) is 4.80 Å². The Morgan fingerprint density at radius 1 is 1.29 bits per heavy atom. The Kier molecular flexibility index (Phi) is 2.21. The summed E-state index contributed by atoms with van der Waals surface area (Å²) in [7, 11) is 1.83. The molecule has 0 aliphatic heterocycles. The van der Waals surface area contributed by atoms with E-state index in [4.69, 9.17) is 5.41 Å². The van der Waals surface area contributed by atoms with Crippen LogP contribution in [0.5, 0.6) is 0 Å². The molecule has 0 saturated heterocycles. The molecule has 1 heterocycles. The van der Waals surface area contributed by atoms with Gasteiger partial charge < -0.3 is 4.57 Å². The fourth-order valence-corrected chi connectivity index (χ4v) is 2.04. The molecule has 2 nitrogen and oxygen atoms in total. The van der Waals surface area contributed by atoms with E-state index in [0.29, 0.717) is 4.80 Å². The summed E-state index contributed by atoms with van der Waals surface area (Å²) in [5, 5.41) is 9.44. The van der Waals surface area contributed by atoms with Gasteiger partial charge in [0, 0.05) is 12.4 Å². The van der Waals surface area contributed by atoms with Gasteiger partial charge in [0.25, 0.3) is 0 Å². The lowest BCUT2D eigenvalue weighted by Crippen LogP contribution is -2.08. The highest BCUT2D eigenvalue weighted by atomic mass is 32.1. The normalized spacial score (nSPS) is 10.4. The number of nitrogens with zero attached hydrogens (tertiary/aromatic N) is 1. The number of rotatable bonds is 1. The maximum absolute atomic E-state index is 12.7. The highest BCUT2D eigenvalue weighted by Gasteiger charge is 2.03. The maximum atomic E-state index is 12.7. The lowest BCUT2D eigenvalue weighted by Gasteiger charge is -2.01. The smallest absolute Gasteiger partial charge is 0.182 e. The largest absolute Gasteiger partial charge is 0.320 e. The molecule has 0 fully saturated rings. The van der Waals surface area contributed by atoms with E-state index < -0.39 is 0 Å². The van der Waals surface area contributed by atoms with E-state index in [2.05, 4.69) is 0 Å². The molecule has 4 heteroatoms. The van der Waals surface area contributed by atoms with Crippen LogP contribution in [0.25, 0.3) is 11.3 Å². The minimum Gasteiger partial charge on any atom is -0.320 e. The molecule has 2 aromatic rings. The van der Waals surface area contributed by atoms with Gasteiger partial charge in [-0.3, -0.25) is 5.41 Å². The average Bonchev–Trinajstić information content (AvgIpc) is 2.50. The SMILES string of the molecule is Cn1c(-c2ccc(F)cc2)csc1=N.